The van der Waals surface area contributed by atoms with Crippen LogP contribution in [0.2, 0.25) is 0 Å². The van der Waals surface area contributed by atoms with Gasteiger partial charge in [-0.2, -0.15) is 0 Å². The highest BCUT2D eigenvalue weighted by molar-refractivity contribution is 7.20. The van der Waals surface area contributed by atoms with E-state index in [2.05, 4.69) is 10.3 Å². The van der Waals surface area contributed by atoms with Gasteiger partial charge in [0.05, 0.1) is 21.0 Å². The summed E-state index contributed by atoms with van der Waals surface area (Å²) in [6, 6.07) is 8.07. The van der Waals surface area contributed by atoms with Gasteiger partial charge in [0, 0.05) is 30.5 Å². The SMILES string of the molecule is Cc1nc(-c2ccc(CNC(=O)c3sc4nc5n(c(=O)c4c3C)CCCCC5)cc2)cs1. The molecule has 0 saturated heterocycles. The number of amides is 1. The Morgan fingerprint density at radius 3 is 2.69 bits per heavy atom. The largest absolute Gasteiger partial charge is 0.347 e. The van der Waals surface area contributed by atoms with Crippen molar-refractivity contribution < 1.29 is 4.79 Å². The highest BCUT2D eigenvalue weighted by atomic mass is 32.1. The molecule has 6 nitrogen and oxygen atoms in total. The van der Waals surface area contributed by atoms with E-state index in [0.29, 0.717) is 28.2 Å². The third kappa shape index (κ3) is 3.89. The minimum Gasteiger partial charge on any atom is -0.347 e. The highest BCUT2D eigenvalue weighted by Crippen LogP contribution is 2.28. The van der Waals surface area contributed by atoms with Crippen molar-refractivity contribution in [3.63, 3.8) is 0 Å². The highest BCUT2D eigenvalue weighted by Gasteiger charge is 2.22. The Morgan fingerprint density at radius 2 is 1.94 bits per heavy atom. The van der Waals surface area contributed by atoms with Crippen LogP contribution in [0.25, 0.3) is 21.5 Å². The Labute approximate surface area is 194 Å². The van der Waals surface area contributed by atoms with Gasteiger partial charge in [-0.25, -0.2) is 9.97 Å². The molecule has 4 heterocycles. The van der Waals surface area contributed by atoms with E-state index in [9.17, 15) is 9.59 Å². The summed E-state index contributed by atoms with van der Waals surface area (Å²) in [6.45, 7) is 4.98. The Kier molecular flexibility index (Phi) is 5.65. The Bertz CT molecular complexity index is 1370. The van der Waals surface area contributed by atoms with Crippen LogP contribution < -0.4 is 10.9 Å². The summed E-state index contributed by atoms with van der Waals surface area (Å²) < 4.78 is 1.81. The normalized spacial score (nSPS) is 13.7. The lowest BCUT2D eigenvalue weighted by atomic mass is 10.1. The second-order valence-electron chi connectivity index (χ2n) is 8.16. The Balaban J connectivity index is 1.35. The van der Waals surface area contributed by atoms with Crippen LogP contribution in [0.5, 0.6) is 0 Å². The van der Waals surface area contributed by atoms with Crippen LogP contribution in [0.4, 0.5) is 0 Å². The van der Waals surface area contributed by atoms with Gasteiger partial charge in [-0.3, -0.25) is 14.2 Å². The van der Waals surface area contributed by atoms with Crippen LogP contribution in [0, 0.1) is 13.8 Å². The zero-order valence-electron chi connectivity index (χ0n) is 18.1. The lowest BCUT2D eigenvalue weighted by molar-refractivity contribution is 0.0954. The molecule has 8 heteroatoms. The summed E-state index contributed by atoms with van der Waals surface area (Å²) in [4.78, 5) is 36.6. The van der Waals surface area contributed by atoms with Crippen molar-refractivity contribution in [1.29, 1.82) is 0 Å². The monoisotopic (exact) mass is 464 g/mol. The summed E-state index contributed by atoms with van der Waals surface area (Å²) in [6.07, 6.45) is 3.99. The van der Waals surface area contributed by atoms with Crippen LogP contribution in [-0.2, 0) is 19.5 Å². The van der Waals surface area contributed by atoms with E-state index in [1.54, 1.807) is 11.3 Å². The molecule has 1 N–H and O–H groups in total. The second-order valence-corrected chi connectivity index (χ2v) is 10.2. The quantitative estimate of drug-likeness (QED) is 0.468. The number of nitrogens with zero attached hydrogens (tertiary/aromatic N) is 3. The molecule has 1 aliphatic rings. The number of benzene rings is 1. The van der Waals surface area contributed by atoms with E-state index < -0.39 is 0 Å². The number of hydrogen-bond donors (Lipinski definition) is 1. The number of carbonyl (C=O) groups excluding carboxylic acids is 1. The maximum Gasteiger partial charge on any atom is 0.262 e. The van der Waals surface area contributed by atoms with E-state index in [-0.39, 0.29) is 11.5 Å². The summed E-state index contributed by atoms with van der Waals surface area (Å²) in [7, 11) is 0. The molecule has 0 saturated carbocycles. The molecule has 164 valence electrons. The summed E-state index contributed by atoms with van der Waals surface area (Å²) in [5, 5.41) is 6.68. The van der Waals surface area contributed by atoms with Gasteiger partial charge in [0.1, 0.15) is 10.7 Å². The van der Waals surface area contributed by atoms with Crippen molar-refractivity contribution in [2.75, 3.05) is 0 Å². The molecular weight excluding hydrogens is 440 g/mol. The number of nitrogens with one attached hydrogen (secondary N) is 1. The zero-order valence-corrected chi connectivity index (χ0v) is 19.7. The van der Waals surface area contributed by atoms with Crippen LogP contribution in [0.15, 0.2) is 34.4 Å². The van der Waals surface area contributed by atoms with Crippen molar-refractivity contribution in [1.82, 2.24) is 19.9 Å². The molecule has 0 fully saturated rings. The average Bonchev–Trinajstić information content (AvgIpc) is 3.27. The summed E-state index contributed by atoms with van der Waals surface area (Å²) in [5.74, 6) is 0.688. The number of carbonyl (C=O) groups is 1. The van der Waals surface area contributed by atoms with Crippen LogP contribution in [-0.4, -0.2) is 20.4 Å². The van der Waals surface area contributed by atoms with E-state index in [0.717, 1.165) is 58.9 Å². The number of aryl methyl sites for hydroxylation is 3. The van der Waals surface area contributed by atoms with Gasteiger partial charge in [-0.05, 0) is 37.8 Å². The fourth-order valence-corrected chi connectivity index (χ4v) is 5.91. The minimum absolute atomic E-state index is 0.00688. The first-order valence-electron chi connectivity index (χ1n) is 10.8. The molecule has 0 aliphatic carbocycles. The minimum atomic E-state index is -0.163. The fraction of sp³-hybridized carbons (Fsp3) is 0.333. The van der Waals surface area contributed by atoms with Crippen molar-refractivity contribution >= 4 is 38.8 Å². The lowest BCUT2D eigenvalue weighted by Crippen LogP contribution is -2.25. The second kappa shape index (κ2) is 8.60. The van der Waals surface area contributed by atoms with E-state index in [1.165, 1.54) is 11.3 Å². The van der Waals surface area contributed by atoms with Crippen molar-refractivity contribution in [3.8, 4) is 11.3 Å². The van der Waals surface area contributed by atoms with Gasteiger partial charge >= 0.3 is 0 Å². The molecule has 0 atom stereocenters. The first-order valence-corrected chi connectivity index (χ1v) is 12.5. The predicted molar refractivity (Wildman–Crippen MR) is 130 cm³/mol. The molecule has 1 aromatic carbocycles. The number of thiophene rings is 1. The smallest absolute Gasteiger partial charge is 0.262 e. The zero-order chi connectivity index (χ0) is 22.2. The van der Waals surface area contributed by atoms with Gasteiger partial charge in [-0.1, -0.05) is 30.7 Å². The predicted octanol–water partition coefficient (Wildman–Crippen LogP) is 4.85. The molecule has 0 unspecified atom stereocenters. The average molecular weight is 465 g/mol. The molecule has 5 rings (SSSR count). The number of rotatable bonds is 4. The number of fused-ring (bicyclic) bond motifs is 2. The topological polar surface area (TPSA) is 76.9 Å². The molecule has 3 aromatic heterocycles. The summed E-state index contributed by atoms with van der Waals surface area (Å²) in [5.41, 5.74) is 3.77. The van der Waals surface area contributed by atoms with E-state index in [4.69, 9.17) is 4.98 Å². The van der Waals surface area contributed by atoms with E-state index >= 15 is 0 Å². The molecule has 4 aromatic rings. The lowest BCUT2D eigenvalue weighted by Gasteiger charge is -2.08. The molecule has 1 aliphatic heterocycles. The van der Waals surface area contributed by atoms with Gasteiger partial charge in [0.2, 0.25) is 0 Å². The first kappa shape index (κ1) is 21.0. The molecular formula is C24H24N4O2S2. The standard InChI is InChI=1S/C24H24N4O2S2/c1-14-20-23(27-19-6-4-3-5-11-28(19)24(20)30)32-21(14)22(29)25-12-16-7-9-17(10-8-16)18-13-31-15(2)26-18/h7-10,13H,3-6,11-12H2,1-2H3,(H,25,29). The van der Waals surface area contributed by atoms with Crippen LogP contribution >= 0.6 is 22.7 Å². The third-order valence-electron chi connectivity index (χ3n) is 5.94. The fourth-order valence-electron chi connectivity index (χ4n) is 4.18. The van der Waals surface area contributed by atoms with Gasteiger partial charge in [0.15, 0.2) is 0 Å². The number of thiazole rings is 1. The summed E-state index contributed by atoms with van der Waals surface area (Å²) >= 11 is 2.95. The third-order valence-corrected chi connectivity index (χ3v) is 7.90. The number of hydrogen-bond acceptors (Lipinski definition) is 6. The number of aromatic nitrogens is 3. The van der Waals surface area contributed by atoms with Crippen LogP contribution in [0.3, 0.4) is 0 Å². The van der Waals surface area contributed by atoms with Gasteiger partial charge in [-0.15, -0.1) is 22.7 Å². The van der Waals surface area contributed by atoms with Crippen molar-refractivity contribution in [2.45, 2.75) is 52.6 Å². The molecule has 0 spiro atoms. The van der Waals surface area contributed by atoms with Crippen molar-refractivity contribution in [2.24, 2.45) is 0 Å². The van der Waals surface area contributed by atoms with E-state index in [1.807, 2.05) is 48.1 Å². The maximum atomic E-state index is 13.1. The maximum absolute atomic E-state index is 13.1. The molecule has 0 radical (unpaired) electrons. The molecule has 1 amide bonds. The molecule has 32 heavy (non-hydrogen) atoms. The van der Waals surface area contributed by atoms with Gasteiger partial charge < -0.3 is 5.32 Å². The molecule has 0 bridgehead atoms. The van der Waals surface area contributed by atoms with Crippen LogP contribution in [0.1, 0.15) is 50.9 Å². The first-order chi connectivity index (χ1) is 15.5. The van der Waals surface area contributed by atoms with Gasteiger partial charge in [0.25, 0.3) is 11.5 Å². The van der Waals surface area contributed by atoms with Crippen molar-refractivity contribution in [3.05, 3.63) is 66.8 Å². The Morgan fingerprint density at radius 1 is 1.12 bits per heavy atom. The Hall–Kier alpha value is -2.84.